The standard InChI is InChI=1S/C45H86NO7P/c1-3-5-7-9-11-13-15-17-19-20-21-22-23-25-27-29-31-33-35-37-40-50-42-44(43-52-54(48,49)51-41-39-46)53-45(47)38-36-34-32-30-28-26-24-18-16-14-12-10-8-6-4-2/h11,13,17,19,21-22,44H,3-10,12,14-16,18,20,23-43,46H2,1-2H3,(H,48,49)/b13-11-,19-17-,22-21-. The molecule has 0 rings (SSSR count). The molecule has 0 bridgehead atoms. The van der Waals surface area contributed by atoms with Crippen LogP contribution in [0.15, 0.2) is 36.5 Å². The quantitative estimate of drug-likeness (QED) is 0.0272. The number of phosphoric ester groups is 1. The molecule has 0 aliphatic rings. The van der Waals surface area contributed by atoms with E-state index in [0.717, 1.165) is 51.4 Å². The van der Waals surface area contributed by atoms with Gasteiger partial charge in [0.15, 0.2) is 0 Å². The number of rotatable bonds is 43. The molecule has 0 heterocycles. The first kappa shape index (κ1) is 52.7. The van der Waals surface area contributed by atoms with E-state index in [1.165, 1.54) is 135 Å². The van der Waals surface area contributed by atoms with Crippen LogP contribution >= 0.6 is 7.82 Å². The van der Waals surface area contributed by atoms with E-state index in [0.29, 0.717) is 13.0 Å². The third-order valence-electron chi connectivity index (χ3n) is 9.56. The second-order valence-corrected chi connectivity index (χ2v) is 16.4. The van der Waals surface area contributed by atoms with Crippen molar-refractivity contribution in [2.45, 2.75) is 213 Å². The Kier molecular flexibility index (Phi) is 41.8. The molecular formula is C45H86NO7P. The number of hydrogen-bond acceptors (Lipinski definition) is 7. The normalized spacial score (nSPS) is 13.8. The molecule has 8 nitrogen and oxygen atoms in total. The van der Waals surface area contributed by atoms with Crippen molar-refractivity contribution in [2.75, 3.05) is 33.0 Å². The van der Waals surface area contributed by atoms with Gasteiger partial charge < -0.3 is 20.1 Å². The van der Waals surface area contributed by atoms with E-state index in [1.54, 1.807) is 0 Å². The highest BCUT2D eigenvalue weighted by atomic mass is 31.2. The molecule has 0 aromatic carbocycles. The Labute approximate surface area is 333 Å². The Balaban J connectivity index is 4.01. The lowest BCUT2D eigenvalue weighted by Crippen LogP contribution is -2.28. The minimum Gasteiger partial charge on any atom is -0.457 e. The number of ether oxygens (including phenoxy) is 2. The van der Waals surface area contributed by atoms with E-state index in [2.05, 4.69) is 50.3 Å². The predicted molar refractivity (Wildman–Crippen MR) is 229 cm³/mol. The zero-order chi connectivity index (χ0) is 39.5. The van der Waals surface area contributed by atoms with E-state index in [1.807, 2.05) is 0 Å². The maximum Gasteiger partial charge on any atom is 0.472 e. The number of allylic oxidation sites excluding steroid dienone is 6. The van der Waals surface area contributed by atoms with Crippen LogP contribution in [0, 0.1) is 0 Å². The first-order valence-corrected chi connectivity index (χ1v) is 24.0. The third kappa shape index (κ3) is 41.9. The fourth-order valence-electron chi connectivity index (χ4n) is 6.24. The molecule has 318 valence electrons. The summed E-state index contributed by atoms with van der Waals surface area (Å²) in [6, 6.07) is 0. The minimum atomic E-state index is -4.28. The molecule has 9 heteroatoms. The van der Waals surface area contributed by atoms with E-state index < -0.39 is 13.9 Å². The van der Waals surface area contributed by atoms with Crippen molar-refractivity contribution < 1.29 is 32.8 Å². The predicted octanol–water partition coefficient (Wildman–Crippen LogP) is 13.4. The first-order chi connectivity index (χ1) is 26.4. The summed E-state index contributed by atoms with van der Waals surface area (Å²) in [7, 11) is -4.28. The van der Waals surface area contributed by atoms with Crippen LogP contribution in [0.3, 0.4) is 0 Å². The summed E-state index contributed by atoms with van der Waals surface area (Å²) in [5, 5.41) is 0. The van der Waals surface area contributed by atoms with Gasteiger partial charge >= 0.3 is 13.8 Å². The summed E-state index contributed by atoms with van der Waals surface area (Å²) in [5.74, 6) is -0.332. The van der Waals surface area contributed by atoms with Crippen LogP contribution in [0.2, 0.25) is 0 Å². The number of esters is 1. The van der Waals surface area contributed by atoms with Crippen molar-refractivity contribution in [3.05, 3.63) is 36.5 Å². The monoisotopic (exact) mass is 784 g/mol. The van der Waals surface area contributed by atoms with Crippen LogP contribution < -0.4 is 5.73 Å². The van der Waals surface area contributed by atoms with Gasteiger partial charge in [-0.05, 0) is 51.4 Å². The lowest BCUT2D eigenvalue weighted by atomic mass is 10.0. The van der Waals surface area contributed by atoms with E-state index >= 15 is 0 Å². The Morgan fingerprint density at radius 2 is 0.981 bits per heavy atom. The van der Waals surface area contributed by atoms with Gasteiger partial charge in [0.1, 0.15) is 6.10 Å². The van der Waals surface area contributed by atoms with E-state index in [4.69, 9.17) is 24.3 Å². The molecule has 0 aromatic rings. The Morgan fingerprint density at radius 1 is 0.556 bits per heavy atom. The van der Waals surface area contributed by atoms with Crippen LogP contribution in [0.1, 0.15) is 206 Å². The highest BCUT2D eigenvalue weighted by Crippen LogP contribution is 2.43. The molecule has 54 heavy (non-hydrogen) atoms. The molecule has 0 fully saturated rings. The molecule has 0 aliphatic carbocycles. The lowest BCUT2D eigenvalue weighted by molar-refractivity contribution is -0.154. The van der Waals surface area contributed by atoms with Gasteiger partial charge in [-0.2, -0.15) is 0 Å². The maximum atomic E-state index is 12.6. The number of nitrogens with two attached hydrogens (primary N) is 1. The van der Waals surface area contributed by atoms with Crippen LogP contribution in [0.4, 0.5) is 0 Å². The largest absolute Gasteiger partial charge is 0.472 e. The van der Waals surface area contributed by atoms with Gasteiger partial charge in [0, 0.05) is 19.6 Å². The molecule has 0 saturated carbocycles. The molecule has 2 atom stereocenters. The molecule has 0 aromatic heterocycles. The molecule has 0 amide bonds. The van der Waals surface area contributed by atoms with Gasteiger partial charge in [-0.25, -0.2) is 4.57 Å². The van der Waals surface area contributed by atoms with Gasteiger partial charge in [-0.3, -0.25) is 13.8 Å². The summed E-state index contributed by atoms with van der Waals surface area (Å²) < 4.78 is 33.5. The summed E-state index contributed by atoms with van der Waals surface area (Å²) in [6.07, 6.45) is 48.7. The summed E-state index contributed by atoms with van der Waals surface area (Å²) in [6.45, 7) is 4.89. The van der Waals surface area contributed by atoms with E-state index in [-0.39, 0.29) is 32.3 Å². The number of unbranched alkanes of at least 4 members (excludes halogenated alkanes) is 24. The number of hydrogen-bond donors (Lipinski definition) is 2. The Morgan fingerprint density at radius 3 is 1.50 bits per heavy atom. The highest BCUT2D eigenvalue weighted by molar-refractivity contribution is 7.47. The number of carbonyl (C=O) groups is 1. The molecule has 3 N–H and O–H groups in total. The van der Waals surface area contributed by atoms with Crippen molar-refractivity contribution in [3.8, 4) is 0 Å². The molecule has 0 saturated heterocycles. The van der Waals surface area contributed by atoms with Crippen molar-refractivity contribution in [3.63, 3.8) is 0 Å². The number of phosphoric acid groups is 1. The Hall–Kier alpha value is -1.28. The summed E-state index contributed by atoms with van der Waals surface area (Å²) in [5.41, 5.74) is 5.37. The zero-order valence-electron chi connectivity index (χ0n) is 35.2. The summed E-state index contributed by atoms with van der Waals surface area (Å²) in [4.78, 5) is 22.5. The van der Waals surface area contributed by atoms with Crippen molar-refractivity contribution in [2.24, 2.45) is 5.73 Å². The molecule has 0 spiro atoms. The molecular weight excluding hydrogens is 697 g/mol. The van der Waals surface area contributed by atoms with Crippen LogP contribution in [0.25, 0.3) is 0 Å². The third-order valence-corrected chi connectivity index (χ3v) is 10.5. The smallest absolute Gasteiger partial charge is 0.457 e. The second-order valence-electron chi connectivity index (χ2n) is 14.9. The van der Waals surface area contributed by atoms with Crippen LogP contribution in [-0.4, -0.2) is 49.9 Å². The van der Waals surface area contributed by atoms with Gasteiger partial charge in [-0.15, -0.1) is 0 Å². The fourth-order valence-corrected chi connectivity index (χ4v) is 7.00. The van der Waals surface area contributed by atoms with Crippen molar-refractivity contribution >= 4 is 13.8 Å². The second kappa shape index (κ2) is 42.9. The maximum absolute atomic E-state index is 12.6. The average molecular weight is 784 g/mol. The van der Waals surface area contributed by atoms with Gasteiger partial charge in [-0.1, -0.05) is 185 Å². The van der Waals surface area contributed by atoms with Crippen molar-refractivity contribution in [1.82, 2.24) is 0 Å². The Bertz CT molecular complexity index is 926. The SMILES string of the molecule is CCCCC/C=C\C/C=C\C/C=C\CCCCCCCCCOCC(COP(=O)(O)OCCN)OC(=O)CCCCCCCCCCCCCCCCC. The zero-order valence-corrected chi connectivity index (χ0v) is 36.1. The van der Waals surface area contributed by atoms with Crippen LogP contribution in [0.5, 0.6) is 0 Å². The van der Waals surface area contributed by atoms with E-state index in [9.17, 15) is 14.3 Å². The van der Waals surface area contributed by atoms with Gasteiger partial charge in [0.25, 0.3) is 0 Å². The minimum absolute atomic E-state index is 0.0967. The fraction of sp³-hybridized carbons (Fsp3) is 0.844. The molecule has 0 aliphatic heterocycles. The molecule has 0 radical (unpaired) electrons. The topological polar surface area (TPSA) is 117 Å². The van der Waals surface area contributed by atoms with Gasteiger partial charge in [0.2, 0.25) is 0 Å². The highest BCUT2D eigenvalue weighted by Gasteiger charge is 2.25. The number of carbonyl (C=O) groups excluding carboxylic acids is 1. The van der Waals surface area contributed by atoms with Gasteiger partial charge in [0.05, 0.1) is 19.8 Å². The summed E-state index contributed by atoms with van der Waals surface area (Å²) >= 11 is 0. The molecule has 2 unspecified atom stereocenters. The average Bonchev–Trinajstić information content (AvgIpc) is 3.16. The first-order valence-electron chi connectivity index (χ1n) is 22.5. The van der Waals surface area contributed by atoms with Crippen molar-refractivity contribution in [1.29, 1.82) is 0 Å². The lowest BCUT2D eigenvalue weighted by Gasteiger charge is -2.20. The van der Waals surface area contributed by atoms with Crippen LogP contribution in [-0.2, 0) is 27.9 Å².